The van der Waals surface area contributed by atoms with Crippen LogP contribution in [0.5, 0.6) is 11.5 Å². The smallest absolute Gasteiger partial charge is 0.162 e. The number of ether oxygens (including phenoxy) is 2. The summed E-state index contributed by atoms with van der Waals surface area (Å²) in [6.45, 7) is 2.69. The molecule has 4 heteroatoms. The summed E-state index contributed by atoms with van der Waals surface area (Å²) in [5.41, 5.74) is 3.35. The molecule has 0 saturated heterocycles. The maximum atomic E-state index is 8.90. The fraction of sp³-hybridized carbons (Fsp3) is 0.250. The highest BCUT2D eigenvalue weighted by atomic mass is 16.5. The molecular formula is C24H27NO3. The first-order chi connectivity index (χ1) is 13.8. The zero-order valence-electron chi connectivity index (χ0n) is 16.0. The molecule has 0 unspecified atom stereocenters. The quantitative estimate of drug-likeness (QED) is 0.489. The summed E-state index contributed by atoms with van der Waals surface area (Å²) in [6.07, 6.45) is 0.746. The van der Waals surface area contributed by atoms with Gasteiger partial charge in [0, 0.05) is 13.2 Å². The predicted octanol–water partition coefficient (Wildman–Crippen LogP) is 4.32. The van der Waals surface area contributed by atoms with Crippen LogP contribution in [0.3, 0.4) is 0 Å². The van der Waals surface area contributed by atoms with Crippen LogP contribution in [-0.2, 0) is 19.8 Å². The van der Waals surface area contributed by atoms with E-state index >= 15 is 0 Å². The van der Waals surface area contributed by atoms with Gasteiger partial charge in [-0.05, 0) is 41.8 Å². The van der Waals surface area contributed by atoms with Crippen molar-refractivity contribution in [1.82, 2.24) is 5.32 Å². The molecule has 0 fully saturated rings. The van der Waals surface area contributed by atoms with Gasteiger partial charge in [0.1, 0.15) is 13.2 Å². The second kappa shape index (κ2) is 11.1. The second-order valence-corrected chi connectivity index (χ2v) is 6.58. The van der Waals surface area contributed by atoms with E-state index in [2.05, 4.69) is 5.32 Å². The number of nitrogens with one attached hydrogen (secondary N) is 1. The summed E-state index contributed by atoms with van der Waals surface area (Å²) >= 11 is 0. The summed E-state index contributed by atoms with van der Waals surface area (Å²) in [5.74, 6) is 1.47. The van der Waals surface area contributed by atoms with E-state index in [9.17, 15) is 0 Å². The lowest BCUT2D eigenvalue weighted by molar-refractivity contribution is 0.255. The van der Waals surface area contributed by atoms with Gasteiger partial charge in [0.15, 0.2) is 11.5 Å². The molecule has 0 atom stereocenters. The highest BCUT2D eigenvalue weighted by Gasteiger charge is 2.08. The van der Waals surface area contributed by atoms with Gasteiger partial charge in [-0.15, -0.1) is 0 Å². The number of aliphatic hydroxyl groups excluding tert-OH is 1. The minimum atomic E-state index is 0.199. The molecule has 28 heavy (non-hydrogen) atoms. The fourth-order valence-corrected chi connectivity index (χ4v) is 2.80. The number of aliphatic hydroxyl groups is 1. The van der Waals surface area contributed by atoms with E-state index in [-0.39, 0.29) is 6.61 Å². The Bertz CT molecular complexity index is 822. The molecule has 0 aliphatic carbocycles. The summed E-state index contributed by atoms with van der Waals surface area (Å²) in [7, 11) is 0. The van der Waals surface area contributed by atoms with Crippen molar-refractivity contribution in [2.75, 3.05) is 13.2 Å². The van der Waals surface area contributed by atoms with Gasteiger partial charge in [0.25, 0.3) is 0 Å². The standard InChI is InChI=1S/C24H27NO3/c26-15-7-14-25-17-22-12-13-23(27-18-20-8-3-1-4-9-20)24(16-22)28-19-21-10-5-2-6-11-21/h1-6,8-13,16,25-26H,7,14-15,17-19H2. The van der Waals surface area contributed by atoms with Gasteiger partial charge in [0.2, 0.25) is 0 Å². The average Bonchev–Trinajstić information content (AvgIpc) is 2.76. The molecule has 0 spiro atoms. The SMILES string of the molecule is OCCCNCc1ccc(OCc2ccccc2)c(OCc2ccccc2)c1. The van der Waals surface area contributed by atoms with Crippen molar-refractivity contribution >= 4 is 0 Å². The van der Waals surface area contributed by atoms with Crippen molar-refractivity contribution in [3.05, 3.63) is 95.6 Å². The Kier molecular flexibility index (Phi) is 7.91. The van der Waals surface area contributed by atoms with E-state index in [1.165, 1.54) is 0 Å². The van der Waals surface area contributed by atoms with Crippen molar-refractivity contribution in [2.24, 2.45) is 0 Å². The molecule has 146 valence electrons. The Hall–Kier alpha value is -2.82. The lowest BCUT2D eigenvalue weighted by Gasteiger charge is -2.15. The van der Waals surface area contributed by atoms with Crippen LogP contribution < -0.4 is 14.8 Å². The number of hydrogen-bond acceptors (Lipinski definition) is 4. The number of rotatable bonds is 11. The van der Waals surface area contributed by atoms with Crippen LogP contribution in [0.2, 0.25) is 0 Å². The van der Waals surface area contributed by atoms with Crippen molar-refractivity contribution in [1.29, 1.82) is 0 Å². The minimum absolute atomic E-state index is 0.199. The van der Waals surface area contributed by atoms with E-state index in [0.717, 1.165) is 47.7 Å². The van der Waals surface area contributed by atoms with Crippen molar-refractivity contribution in [3.8, 4) is 11.5 Å². The zero-order valence-corrected chi connectivity index (χ0v) is 16.0. The molecule has 3 rings (SSSR count). The van der Waals surface area contributed by atoms with Crippen LogP contribution in [0.15, 0.2) is 78.9 Å². The Labute approximate surface area is 166 Å². The molecule has 3 aromatic carbocycles. The van der Waals surface area contributed by atoms with Crippen molar-refractivity contribution < 1.29 is 14.6 Å². The monoisotopic (exact) mass is 377 g/mol. The van der Waals surface area contributed by atoms with Gasteiger partial charge in [-0.1, -0.05) is 66.7 Å². The average molecular weight is 377 g/mol. The van der Waals surface area contributed by atoms with E-state index in [1.807, 2.05) is 78.9 Å². The molecule has 0 aliphatic rings. The van der Waals surface area contributed by atoms with Crippen molar-refractivity contribution in [2.45, 2.75) is 26.2 Å². The van der Waals surface area contributed by atoms with Crippen LogP contribution in [0.1, 0.15) is 23.1 Å². The largest absolute Gasteiger partial charge is 0.485 e. The minimum Gasteiger partial charge on any atom is -0.485 e. The van der Waals surface area contributed by atoms with E-state index in [1.54, 1.807) is 0 Å². The lowest BCUT2D eigenvalue weighted by Crippen LogP contribution is -2.15. The first-order valence-electron chi connectivity index (χ1n) is 9.63. The Balaban J connectivity index is 1.68. The lowest BCUT2D eigenvalue weighted by atomic mass is 10.2. The first kappa shape index (κ1) is 19.9. The van der Waals surface area contributed by atoms with E-state index < -0.39 is 0 Å². The molecule has 3 aromatic rings. The van der Waals surface area contributed by atoms with Gasteiger partial charge in [-0.3, -0.25) is 0 Å². The maximum Gasteiger partial charge on any atom is 0.162 e. The van der Waals surface area contributed by atoms with Gasteiger partial charge in [-0.2, -0.15) is 0 Å². The molecule has 0 amide bonds. The highest BCUT2D eigenvalue weighted by molar-refractivity contribution is 5.43. The molecule has 0 aliphatic heterocycles. The highest BCUT2D eigenvalue weighted by Crippen LogP contribution is 2.30. The molecule has 4 nitrogen and oxygen atoms in total. The summed E-state index contributed by atoms with van der Waals surface area (Å²) in [5, 5.41) is 12.2. The molecule has 0 radical (unpaired) electrons. The van der Waals surface area contributed by atoms with E-state index in [0.29, 0.717) is 13.2 Å². The Morgan fingerprint density at radius 1 is 0.679 bits per heavy atom. The van der Waals surface area contributed by atoms with Gasteiger partial charge >= 0.3 is 0 Å². The van der Waals surface area contributed by atoms with Gasteiger partial charge < -0.3 is 19.9 Å². The third-order valence-corrected chi connectivity index (χ3v) is 4.32. The fourth-order valence-electron chi connectivity index (χ4n) is 2.80. The van der Waals surface area contributed by atoms with Crippen LogP contribution in [0.4, 0.5) is 0 Å². The maximum absolute atomic E-state index is 8.90. The molecule has 0 saturated carbocycles. The van der Waals surface area contributed by atoms with Crippen LogP contribution in [0, 0.1) is 0 Å². The summed E-state index contributed by atoms with van der Waals surface area (Å²) in [6, 6.07) is 26.2. The van der Waals surface area contributed by atoms with Crippen molar-refractivity contribution in [3.63, 3.8) is 0 Å². The third-order valence-electron chi connectivity index (χ3n) is 4.32. The zero-order chi connectivity index (χ0) is 19.4. The Morgan fingerprint density at radius 2 is 1.29 bits per heavy atom. The predicted molar refractivity (Wildman–Crippen MR) is 111 cm³/mol. The topological polar surface area (TPSA) is 50.7 Å². The van der Waals surface area contributed by atoms with Gasteiger partial charge in [-0.25, -0.2) is 0 Å². The van der Waals surface area contributed by atoms with E-state index in [4.69, 9.17) is 14.6 Å². The first-order valence-corrected chi connectivity index (χ1v) is 9.63. The number of benzene rings is 3. The molecule has 0 aromatic heterocycles. The molecular weight excluding hydrogens is 350 g/mol. The van der Waals surface area contributed by atoms with Crippen LogP contribution in [0.25, 0.3) is 0 Å². The molecule has 2 N–H and O–H groups in total. The third kappa shape index (κ3) is 6.41. The normalized spacial score (nSPS) is 10.6. The van der Waals surface area contributed by atoms with Crippen LogP contribution in [-0.4, -0.2) is 18.3 Å². The summed E-state index contributed by atoms with van der Waals surface area (Å²) in [4.78, 5) is 0. The van der Waals surface area contributed by atoms with Crippen LogP contribution >= 0.6 is 0 Å². The second-order valence-electron chi connectivity index (χ2n) is 6.58. The summed E-state index contributed by atoms with van der Waals surface area (Å²) < 4.78 is 12.1. The molecule has 0 bridgehead atoms. The molecule has 0 heterocycles. The van der Waals surface area contributed by atoms with Gasteiger partial charge in [0.05, 0.1) is 0 Å². The Morgan fingerprint density at radius 3 is 1.89 bits per heavy atom. The number of hydrogen-bond donors (Lipinski definition) is 2.